The minimum absolute atomic E-state index is 0.214. The van der Waals surface area contributed by atoms with E-state index in [2.05, 4.69) is 4.98 Å². The fourth-order valence-electron chi connectivity index (χ4n) is 1.47. The summed E-state index contributed by atoms with van der Waals surface area (Å²) in [6.07, 6.45) is 0. The number of aromatic nitrogens is 1. The van der Waals surface area contributed by atoms with Gasteiger partial charge in [-0.05, 0) is 0 Å². The molecule has 1 aromatic heterocycles. The standard InChI is InChI=1S/C9H11N3O3S/c10-1-7-11-6(4-16-7)8(13)12-2-5(3-12)9(14)15/h4-5H,1-3,10H2,(H,14,15). The van der Waals surface area contributed by atoms with Gasteiger partial charge in [0.15, 0.2) is 0 Å². The summed E-state index contributed by atoms with van der Waals surface area (Å²) in [6, 6.07) is 0. The first-order valence-electron chi connectivity index (χ1n) is 4.78. The van der Waals surface area contributed by atoms with Gasteiger partial charge in [0.25, 0.3) is 5.91 Å². The minimum Gasteiger partial charge on any atom is -0.481 e. The number of carbonyl (C=O) groups is 2. The van der Waals surface area contributed by atoms with Crippen molar-refractivity contribution in [3.05, 3.63) is 16.1 Å². The highest BCUT2D eigenvalue weighted by molar-refractivity contribution is 7.09. The van der Waals surface area contributed by atoms with Gasteiger partial charge in [0.05, 0.1) is 5.92 Å². The molecule has 1 aromatic rings. The predicted molar refractivity (Wildman–Crippen MR) is 57.0 cm³/mol. The molecular weight excluding hydrogens is 230 g/mol. The van der Waals surface area contributed by atoms with Crippen LogP contribution in [0.1, 0.15) is 15.5 Å². The molecule has 2 heterocycles. The molecule has 7 heteroatoms. The van der Waals surface area contributed by atoms with Crippen molar-refractivity contribution in [3.8, 4) is 0 Å². The van der Waals surface area contributed by atoms with Crippen LogP contribution in [0.2, 0.25) is 0 Å². The van der Waals surface area contributed by atoms with Crippen LogP contribution in [0, 0.1) is 5.92 Å². The van der Waals surface area contributed by atoms with E-state index in [-0.39, 0.29) is 19.0 Å². The summed E-state index contributed by atoms with van der Waals surface area (Å²) >= 11 is 1.34. The van der Waals surface area contributed by atoms with Gasteiger partial charge in [0.2, 0.25) is 0 Å². The van der Waals surface area contributed by atoms with Crippen LogP contribution in [-0.4, -0.2) is 40.0 Å². The van der Waals surface area contributed by atoms with E-state index in [0.29, 0.717) is 17.2 Å². The number of nitrogens with two attached hydrogens (primary N) is 1. The Labute approximate surface area is 95.7 Å². The van der Waals surface area contributed by atoms with Crippen LogP contribution >= 0.6 is 11.3 Å². The van der Waals surface area contributed by atoms with Crippen molar-refractivity contribution >= 4 is 23.2 Å². The Kier molecular flexibility index (Phi) is 2.88. The number of aliphatic carboxylic acids is 1. The van der Waals surface area contributed by atoms with Crippen molar-refractivity contribution in [3.63, 3.8) is 0 Å². The Bertz CT molecular complexity index is 425. The summed E-state index contributed by atoms with van der Waals surface area (Å²) < 4.78 is 0. The van der Waals surface area contributed by atoms with Crippen LogP contribution in [0.15, 0.2) is 5.38 Å². The number of likely N-dealkylation sites (tertiary alicyclic amines) is 1. The third kappa shape index (κ3) is 1.91. The summed E-state index contributed by atoms with van der Waals surface area (Å²) in [4.78, 5) is 27.9. The van der Waals surface area contributed by atoms with E-state index in [0.717, 1.165) is 0 Å². The average Bonchev–Trinajstić information content (AvgIpc) is 2.62. The number of carbonyl (C=O) groups excluding carboxylic acids is 1. The van der Waals surface area contributed by atoms with Gasteiger partial charge in [-0.3, -0.25) is 9.59 Å². The third-order valence-corrected chi connectivity index (χ3v) is 3.33. The molecule has 1 aliphatic heterocycles. The van der Waals surface area contributed by atoms with Crippen molar-refractivity contribution in [2.75, 3.05) is 13.1 Å². The average molecular weight is 241 g/mol. The van der Waals surface area contributed by atoms with Crippen molar-refractivity contribution in [1.82, 2.24) is 9.88 Å². The van der Waals surface area contributed by atoms with Gasteiger partial charge >= 0.3 is 5.97 Å². The van der Waals surface area contributed by atoms with Crippen LogP contribution in [0.5, 0.6) is 0 Å². The molecule has 16 heavy (non-hydrogen) atoms. The largest absolute Gasteiger partial charge is 0.481 e. The number of rotatable bonds is 3. The molecule has 0 unspecified atom stereocenters. The van der Waals surface area contributed by atoms with Crippen LogP contribution in [0.3, 0.4) is 0 Å². The van der Waals surface area contributed by atoms with Crippen molar-refractivity contribution in [1.29, 1.82) is 0 Å². The molecule has 1 aliphatic rings. The quantitative estimate of drug-likeness (QED) is 0.761. The number of nitrogens with zero attached hydrogens (tertiary/aromatic N) is 2. The van der Waals surface area contributed by atoms with E-state index in [1.807, 2.05) is 0 Å². The lowest BCUT2D eigenvalue weighted by atomic mass is 10.0. The van der Waals surface area contributed by atoms with E-state index in [1.54, 1.807) is 5.38 Å². The van der Waals surface area contributed by atoms with Gasteiger partial charge < -0.3 is 15.7 Å². The van der Waals surface area contributed by atoms with E-state index in [4.69, 9.17) is 10.8 Å². The Morgan fingerprint density at radius 2 is 2.31 bits per heavy atom. The summed E-state index contributed by atoms with van der Waals surface area (Å²) in [5.41, 5.74) is 5.75. The highest BCUT2D eigenvalue weighted by atomic mass is 32.1. The first-order valence-corrected chi connectivity index (χ1v) is 5.66. The molecule has 0 aromatic carbocycles. The normalized spacial score (nSPS) is 15.9. The van der Waals surface area contributed by atoms with E-state index in [9.17, 15) is 9.59 Å². The van der Waals surface area contributed by atoms with Crippen LogP contribution < -0.4 is 5.73 Å². The van der Waals surface area contributed by atoms with Gasteiger partial charge in [-0.1, -0.05) is 0 Å². The van der Waals surface area contributed by atoms with Crippen molar-refractivity contribution in [2.24, 2.45) is 11.7 Å². The Morgan fingerprint density at radius 1 is 1.62 bits per heavy atom. The summed E-state index contributed by atoms with van der Waals surface area (Å²) in [6.45, 7) is 0.850. The summed E-state index contributed by atoms with van der Waals surface area (Å²) in [5.74, 6) is -1.50. The third-order valence-electron chi connectivity index (χ3n) is 2.46. The van der Waals surface area contributed by atoms with Gasteiger partial charge in [0, 0.05) is 25.0 Å². The molecule has 0 spiro atoms. The Morgan fingerprint density at radius 3 is 2.81 bits per heavy atom. The van der Waals surface area contributed by atoms with Gasteiger partial charge in [-0.2, -0.15) is 0 Å². The zero-order chi connectivity index (χ0) is 11.7. The molecule has 0 atom stereocenters. The zero-order valence-electron chi connectivity index (χ0n) is 8.42. The Hall–Kier alpha value is -1.47. The van der Waals surface area contributed by atoms with Gasteiger partial charge in [-0.15, -0.1) is 11.3 Å². The number of hydrogen-bond donors (Lipinski definition) is 2. The molecule has 0 radical (unpaired) electrons. The van der Waals surface area contributed by atoms with E-state index in [1.165, 1.54) is 16.2 Å². The van der Waals surface area contributed by atoms with Crippen LogP contribution in [0.25, 0.3) is 0 Å². The number of hydrogen-bond acceptors (Lipinski definition) is 5. The van der Waals surface area contributed by atoms with E-state index >= 15 is 0 Å². The van der Waals surface area contributed by atoms with Gasteiger partial charge in [-0.25, -0.2) is 4.98 Å². The maximum absolute atomic E-state index is 11.8. The molecule has 6 nitrogen and oxygen atoms in total. The molecule has 86 valence electrons. The molecule has 3 N–H and O–H groups in total. The lowest BCUT2D eigenvalue weighted by Crippen LogP contribution is -2.53. The second-order valence-electron chi connectivity index (χ2n) is 3.58. The fraction of sp³-hybridized carbons (Fsp3) is 0.444. The molecule has 1 saturated heterocycles. The molecular formula is C9H11N3O3S. The van der Waals surface area contributed by atoms with Crippen LogP contribution in [-0.2, 0) is 11.3 Å². The predicted octanol–water partition coefficient (Wildman–Crippen LogP) is -0.242. The Balaban J connectivity index is 1.97. The number of carboxylic acid groups (broad SMARTS) is 1. The highest BCUT2D eigenvalue weighted by Crippen LogP contribution is 2.19. The maximum Gasteiger partial charge on any atom is 0.310 e. The molecule has 0 aliphatic carbocycles. The second kappa shape index (κ2) is 4.18. The molecule has 2 rings (SSSR count). The lowest BCUT2D eigenvalue weighted by Gasteiger charge is -2.36. The van der Waals surface area contributed by atoms with Gasteiger partial charge in [0.1, 0.15) is 10.7 Å². The lowest BCUT2D eigenvalue weighted by molar-refractivity contribution is -0.146. The summed E-state index contributed by atoms with van der Waals surface area (Å²) in [7, 11) is 0. The molecule has 0 saturated carbocycles. The maximum atomic E-state index is 11.8. The van der Waals surface area contributed by atoms with Crippen molar-refractivity contribution < 1.29 is 14.7 Å². The SMILES string of the molecule is NCc1nc(C(=O)N2CC(C(=O)O)C2)cs1. The molecule has 0 bridgehead atoms. The monoisotopic (exact) mass is 241 g/mol. The smallest absolute Gasteiger partial charge is 0.310 e. The second-order valence-corrected chi connectivity index (χ2v) is 4.52. The molecule has 1 amide bonds. The first kappa shape index (κ1) is 11.0. The minimum atomic E-state index is -0.857. The summed E-state index contributed by atoms with van der Waals surface area (Å²) in [5, 5.41) is 11.0. The number of amides is 1. The van der Waals surface area contributed by atoms with Crippen LogP contribution in [0.4, 0.5) is 0 Å². The van der Waals surface area contributed by atoms with E-state index < -0.39 is 11.9 Å². The van der Waals surface area contributed by atoms with Crippen molar-refractivity contribution in [2.45, 2.75) is 6.54 Å². The highest BCUT2D eigenvalue weighted by Gasteiger charge is 2.36. The fourth-order valence-corrected chi connectivity index (χ4v) is 2.11. The molecule has 1 fully saturated rings. The first-order chi connectivity index (χ1) is 7.61. The topological polar surface area (TPSA) is 96.5 Å². The number of thiazole rings is 1. The number of carboxylic acids is 1. The zero-order valence-corrected chi connectivity index (χ0v) is 9.24.